The molecule has 5 heteroatoms. The maximum Gasteiger partial charge on any atom is 0.346 e. The molecule has 12 heavy (non-hydrogen) atoms. The number of rotatable bonds is 3. The predicted octanol–water partition coefficient (Wildman–Crippen LogP) is 0.305. The van der Waals surface area contributed by atoms with Crippen LogP contribution in [0.4, 0.5) is 0 Å². The van der Waals surface area contributed by atoms with Crippen LogP contribution >= 0.6 is 0 Å². The molecule has 1 aromatic heterocycles. The number of hydrogen-bond acceptors (Lipinski definition) is 3. The Labute approximate surface area is 69.4 Å². The second-order valence-electron chi connectivity index (χ2n) is 2.85. The molecule has 0 spiro atoms. The van der Waals surface area contributed by atoms with Crippen LogP contribution in [0.15, 0.2) is 4.79 Å². The molecule has 1 aliphatic carbocycles. The van der Waals surface area contributed by atoms with Crippen molar-refractivity contribution in [1.82, 2.24) is 14.8 Å². The molecule has 0 radical (unpaired) electrons. The molecular formula is C7H11N3O2. The molecule has 0 amide bonds. The van der Waals surface area contributed by atoms with Crippen molar-refractivity contribution in [1.29, 1.82) is 0 Å². The minimum atomic E-state index is -0.166. The molecule has 0 atom stereocenters. The van der Waals surface area contributed by atoms with E-state index >= 15 is 0 Å². The van der Waals surface area contributed by atoms with Gasteiger partial charge >= 0.3 is 11.7 Å². The van der Waals surface area contributed by atoms with Crippen molar-refractivity contribution in [3.05, 3.63) is 10.5 Å². The van der Waals surface area contributed by atoms with E-state index in [2.05, 4.69) is 10.2 Å². The van der Waals surface area contributed by atoms with Gasteiger partial charge in [0.25, 0.3) is 0 Å². The third kappa shape index (κ3) is 1.11. The first-order valence-electron chi connectivity index (χ1n) is 4.12. The van der Waals surface area contributed by atoms with Crippen LogP contribution in [0.2, 0.25) is 0 Å². The van der Waals surface area contributed by atoms with E-state index in [0.29, 0.717) is 18.7 Å². The molecule has 66 valence electrons. The van der Waals surface area contributed by atoms with Crippen molar-refractivity contribution in [3.8, 4) is 6.01 Å². The number of aromatic amines is 1. The van der Waals surface area contributed by atoms with Crippen LogP contribution in [-0.2, 0) is 0 Å². The molecule has 1 fully saturated rings. The normalized spacial score (nSPS) is 16.4. The quantitative estimate of drug-likeness (QED) is 0.708. The van der Waals surface area contributed by atoms with E-state index in [1.54, 1.807) is 4.57 Å². The maximum atomic E-state index is 11.2. The van der Waals surface area contributed by atoms with E-state index < -0.39 is 0 Å². The van der Waals surface area contributed by atoms with Gasteiger partial charge in [-0.1, -0.05) is 0 Å². The molecule has 0 saturated heterocycles. The summed E-state index contributed by atoms with van der Waals surface area (Å²) in [7, 11) is 0. The fraction of sp³-hybridized carbons (Fsp3) is 0.714. The highest BCUT2D eigenvalue weighted by Gasteiger charge is 2.28. The van der Waals surface area contributed by atoms with E-state index in [9.17, 15) is 4.79 Å². The topological polar surface area (TPSA) is 59.9 Å². The SMILES string of the molecule is CCOc1n[nH]c(=O)n1C1CC1. The first kappa shape index (κ1) is 7.39. The highest BCUT2D eigenvalue weighted by molar-refractivity contribution is 4.99. The van der Waals surface area contributed by atoms with Crippen molar-refractivity contribution in [2.75, 3.05) is 6.61 Å². The summed E-state index contributed by atoms with van der Waals surface area (Å²) in [5, 5.41) is 6.15. The van der Waals surface area contributed by atoms with E-state index in [1.807, 2.05) is 6.92 Å². The van der Waals surface area contributed by atoms with Gasteiger partial charge in [0.15, 0.2) is 0 Å². The molecule has 0 aliphatic heterocycles. The Bertz CT molecular complexity index is 324. The number of ether oxygens (including phenoxy) is 1. The summed E-state index contributed by atoms with van der Waals surface area (Å²) < 4.78 is 6.77. The largest absolute Gasteiger partial charge is 0.464 e. The van der Waals surface area contributed by atoms with Crippen LogP contribution in [0.5, 0.6) is 6.01 Å². The summed E-state index contributed by atoms with van der Waals surface area (Å²) in [5.74, 6) is 0. The minimum Gasteiger partial charge on any atom is -0.464 e. The Morgan fingerprint density at radius 1 is 1.75 bits per heavy atom. The van der Waals surface area contributed by atoms with Crippen LogP contribution in [0.25, 0.3) is 0 Å². The molecule has 1 saturated carbocycles. The second-order valence-corrected chi connectivity index (χ2v) is 2.85. The van der Waals surface area contributed by atoms with Gasteiger partial charge in [-0.25, -0.2) is 14.5 Å². The summed E-state index contributed by atoms with van der Waals surface area (Å²) >= 11 is 0. The molecule has 0 bridgehead atoms. The summed E-state index contributed by atoms with van der Waals surface area (Å²) in [6.45, 7) is 2.41. The summed E-state index contributed by atoms with van der Waals surface area (Å²) in [4.78, 5) is 11.2. The van der Waals surface area contributed by atoms with Gasteiger partial charge in [-0.3, -0.25) is 0 Å². The lowest BCUT2D eigenvalue weighted by atomic mass is 10.7. The third-order valence-electron chi connectivity index (χ3n) is 1.86. The first-order valence-corrected chi connectivity index (χ1v) is 4.12. The Hall–Kier alpha value is -1.26. The monoisotopic (exact) mass is 169 g/mol. The fourth-order valence-electron chi connectivity index (χ4n) is 1.18. The Balaban J connectivity index is 2.33. The lowest BCUT2D eigenvalue weighted by Gasteiger charge is -2.02. The van der Waals surface area contributed by atoms with Crippen LogP contribution in [0.1, 0.15) is 25.8 Å². The van der Waals surface area contributed by atoms with Gasteiger partial charge in [-0.05, 0) is 19.8 Å². The fourth-order valence-corrected chi connectivity index (χ4v) is 1.18. The number of hydrogen-bond donors (Lipinski definition) is 1. The Morgan fingerprint density at radius 3 is 3.08 bits per heavy atom. The lowest BCUT2D eigenvalue weighted by Crippen LogP contribution is -2.16. The molecule has 1 heterocycles. The van der Waals surface area contributed by atoms with E-state index in [-0.39, 0.29) is 5.69 Å². The number of H-pyrrole nitrogens is 1. The van der Waals surface area contributed by atoms with Crippen molar-refractivity contribution < 1.29 is 4.74 Å². The predicted molar refractivity (Wildman–Crippen MR) is 42.3 cm³/mol. The molecule has 1 aliphatic rings. The summed E-state index contributed by atoms with van der Waals surface area (Å²) in [5.41, 5.74) is -0.166. The van der Waals surface area contributed by atoms with Gasteiger partial charge in [-0.2, -0.15) is 0 Å². The van der Waals surface area contributed by atoms with Gasteiger partial charge in [-0.15, -0.1) is 5.10 Å². The highest BCUT2D eigenvalue weighted by Crippen LogP contribution is 2.35. The Morgan fingerprint density at radius 2 is 2.50 bits per heavy atom. The van der Waals surface area contributed by atoms with Crippen LogP contribution in [-0.4, -0.2) is 21.4 Å². The minimum absolute atomic E-state index is 0.166. The molecule has 0 aromatic carbocycles. The van der Waals surface area contributed by atoms with Crippen LogP contribution < -0.4 is 10.4 Å². The smallest absolute Gasteiger partial charge is 0.346 e. The average molecular weight is 169 g/mol. The van der Waals surface area contributed by atoms with E-state index in [4.69, 9.17) is 4.74 Å². The van der Waals surface area contributed by atoms with Gasteiger partial charge in [0, 0.05) is 6.04 Å². The highest BCUT2D eigenvalue weighted by atomic mass is 16.5. The zero-order chi connectivity index (χ0) is 8.55. The van der Waals surface area contributed by atoms with Crippen molar-refractivity contribution >= 4 is 0 Å². The standard InChI is InChI=1S/C7H11N3O2/c1-2-12-7-9-8-6(11)10(7)5-3-4-5/h5H,2-4H2,1H3,(H,8,11). The van der Waals surface area contributed by atoms with Gasteiger partial charge in [0.05, 0.1) is 6.61 Å². The van der Waals surface area contributed by atoms with Crippen LogP contribution in [0, 0.1) is 0 Å². The molecule has 0 unspecified atom stereocenters. The van der Waals surface area contributed by atoms with E-state index in [1.165, 1.54) is 0 Å². The number of nitrogens with one attached hydrogen (secondary N) is 1. The first-order chi connectivity index (χ1) is 5.83. The molecule has 2 rings (SSSR count). The zero-order valence-corrected chi connectivity index (χ0v) is 6.91. The summed E-state index contributed by atoms with van der Waals surface area (Å²) in [6, 6.07) is 0.739. The zero-order valence-electron chi connectivity index (χ0n) is 6.91. The van der Waals surface area contributed by atoms with Gasteiger partial charge in [0.1, 0.15) is 0 Å². The molecule has 1 N–H and O–H groups in total. The average Bonchev–Trinajstić information content (AvgIpc) is 2.80. The molecule has 1 aromatic rings. The van der Waals surface area contributed by atoms with Crippen molar-refractivity contribution in [2.45, 2.75) is 25.8 Å². The van der Waals surface area contributed by atoms with Gasteiger partial charge < -0.3 is 4.74 Å². The lowest BCUT2D eigenvalue weighted by molar-refractivity contribution is 0.294. The van der Waals surface area contributed by atoms with Crippen molar-refractivity contribution in [2.24, 2.45) is 0 Å². The number of nitrogens with zero attached hydrogens (tertiary/aromatic N) is 2. The number of aromatic nitrogens is 3. The second kappa shape index (κ2) is 2.66. The molecular weight excluding hydrogens is 158 g/mol. The Kier molecular flexibility index (Phi) is 1.64. The van der Waals surface area contributed by atoms with Gasteiger partial charge in [0.2, 0.25) is 0 Å². The van der Waals surface area contributed by atoms with E-state index in [0.717, 1.165) is 12.8 Å². The molecule has 5 nitrogen and oxygen atoms in total. The summed E-state index contributed by atoms with van der Waals surface area (Å²) in [6.07, 6.45) is 2.11. The maximum absolute atomic E-state index is 11.2. The van der Waals surface area contributed by atoms with Crippen molar-refractivity contribution in [3.63, 3.8) is 0 Å². The third-order valence-corrected chi connectivity index (χ3v) is 1.86. The van der Waals surface area contributed by atoms with Crippen LogP contribution in [0.3, 0.4) is 0 Å².